The van der Waals surface area contributed by atoms with Crippen molar-refractivity contribution in [1.29, 1.82) is 0 Å². The number of amides is 1. The van der Waals surface area contributed by atoms with E-state index in [4.69, 9.17) is 5.73 Å². The van der Waals surface area contributed by atoms with E-state index in [1.165, 1.54) is 18.6 Å². The Bertz CT molecular complexity index is 211. The van der Waals surface area contributed by atoms with Crippen LogP contribution in [0.3, 0.4) is 0 Å². The second-order valence-corrected chi connectivity index (χ2v) is 5.67. The third-order valence-electron chi connectivity index (χ3n) is 3.07. The summed E-state index contributed by atoms with van der Waals surface area (Å²) in [6, 6.07) is 0. The lowest BCUT2D eigenvalue weighted by Crippen LogP contribution is -2.30. The van der Waals surface area contributed by atoms with Gasteiger partial charge in [0.15, 0.2) is 0 Å². The van der Waals surface area contributed by atoms with Crippen LogP contribution in [0, 0.1) is 5.92 Å². The van der Waals surface area contributed by atoms with Crippen LogP contribution in [-0.4, -0.2) is 41.9 Å². The number of hydrogen-bond acceptors (Lipinski definition) is 3. The SMILES string of the molecule is CCCCSCCC(=O)N1CCC(CN)C1. The Morgan fingerprint density at radius 3 is 2.94 bits per heavy atom. The molecule has 1 aliphatic heterocycles. The Kier molecular flexibility index (Phi) is 6.88. The smallest absolute Gasteiger partial charge is 0.223 e. The number of nitrogens with two attached hydrogens (primary N) is 1. The Hall–Kier alpha value is -0.220. The van der Waals surface area contributed by atoms with Crippen LogP contribution in [-0.2, 0) is 4.79 Å². The zero-order chi connectivity index (χ0) is 11.8. The van der Waals surface area contributed by atoms with Gasteiger partial charge in [0, 0.05) is 25.3 Å². The molecule has 0 spiro atoms. The van der Waals surface area contributed by atoms with Crippen molar-refractivity contribution >= 4 is 17.7 Å². The van der Waals surface area contributed by atoms with Crippen molar-refractivity contribution in [2.24, 2.45) is 11.7 Å². The standard InChI is InChI=1S/C12H24N2OS/c1-2-3-7-16-8-5-12(15)14-6-4-11(9-13)10-14/h11H,2-10,13H2,1H3. The van der Waals surface area contributed by atoms with E-state index < -0.39 is 0 Å². The maximum Gasteiger partial charge on any atom is 0.223 e. The lowest BCUT2D eigenvalue weighted by Gasteiger charge is -2.15. The summed E-state index contributed by atoms with van der Waals surface area (Å²) in [5, 5.41) is 0. The summed E-state index contributed by atoms with van der Waals surface area (Å²) in [4.78, 5) is 13.8. The first kappa shape index (κ1) is 13.8. The molecule has 1 rings (SSSR count). The molecule has 0 aromatic carbocycles. The topological polar surface area (TPSA) is 46.3 Å². The van der Waals surface area contributed by atoms with E-state index in [0.29, 0.717) is 18.2 Å². The highest BCUT2D eigenvalue weighted by Crippen LogP contribution is 2.16. The number of thioether (sulfide) groups is 1. The van der Waals surface area contributed by atoms with Crippen molar-refractivity contribution in [2.45, 2.75) is 32.6 Å². The van der Waals surface area contributed by atoms with Crippen LogP contribution in [0.4, 0.5) is 0 Å². The van der Waals surface area contributed by atoms with Crippen LogP contribution >= 0.6 is 11.8 Å². The molecule has 1 amide bonds. The van der Waals surface area contributed by atoms with Crippen LogP contribution in [0.1, 0.15) is 32.6 Å². The van der Waals surface area contributed by atoms with E-state index in [0.717, 1.165) is 31.8 Å². The fourth-order valence-corrected chi connectivity index (χ4v) is 2.93. The molecule has 1 atom stereocenters. The van der Waals surface area contributed by atoms with Crippen LogP contribution in [0.2, 0.25) is 0 Å². The van der Waals surface area contributed by atoms with Gasteiger partial charge in [0.1, 0.15) is 0 Å². The number of nitrogens with zero attached hydrogens (tertiary/aromatic N) is 1. The summed E-state index contributed by atoms with van der Waals surface area (Å²) in [6.07, 6.45) is 4.29. The van der Waals surface area contributed by atoms with E-state index in [2.05, 4.69) is 6.92 Å². The van der Waals surface area contributed by atoms with Crippen molar-refractivity contribution in [3.05, 3.63) is 0 Å². The quantitative estimate of drug-likeness (QED) is 0.694. The van der Waals surface area contributed by atoms with E-state index in [-0.39, 0.29) is 0 Å². The third kappa shape index (κ3) is 4.74. The van der Waals surface area contributed by atoms with Gasteiger partial charge >= 0.3 is 0 Å². The Labute approximate surface area is 103 Å². The predicted molar refractivity (Wildman–Crippen MR) is 70.6 cm³/mol. The molecule has 1 aliphatic rings. The lowest BCUT2D eigenvalue weighted by molar-refractivity contribution is -0.129. The number of carbonyl (C=O) groups is 1. The van der Waals surface area contributed by atoms with Crippen LogP contribution in [0.15, 0.2) is 0 Å². The molecule has 2 N–H and O–H groups in total. The van der Waals surface area contributed by atoms with Gasteiger partial charge in [-0.25, -0.2) is 0 Å². The van der Waals surface area contributed by atoms with E-state index in [9.17, 15) is 4.79 Å². The lowest BCUT2D eigenvalue weighted by atomic mass is 10.1. The summed E-state index contributed by atoms with van der Waals surface area (Å²) in [7, 11) is 0. The molecule has 94 valence electrons. The highest BCUT2D eigenvalue weighted by atomic mass is 32.2. The number of hydrogen-bond donors (Lipinski definition) is 1. The molecule has 0 radical (unpaired) electrons. The van der Waals surface area contributed by atoms with Gasteiger partial charge in [-0.2, -0.15) is 11.8 Å². The predicted octanol–water partition coefficient (Wildman–Crippen LogP) is 1.72. The van der Waals surface area contributed by atoms with Gasteiger partial charge in [-0.15, -0.1) is 0 Å². The number of carbonyl (C=O) groups excluding carboxylic acids is 1. The zero-order valence-electron chi connectivity index (χ0n) is 10.3. The molecule has 0 bridgehead atoms. The Balaban J connectivity index is 2.06. The van der Waals surface area contributed by atoms with E-state index in [1.807, 2.05) is 16.7 Å². The summed E-state index contributed by atoms with van der Waals surface area (Å²) >= 11 is 1.90. The summed E-state index contributed by atoms with van der Waals surface area (Å²) in [5.74, 6) is 3.02. The zero-order valence-corrected chi connectivity index (χ0v) is 11.1. The van der Waals surface area contributed by atoms with Crippen molar-refractivity contribution < 1.29 is 4.79 Å². The third-order valence-corrected chi connectivity index (χ3v) is 4.14. The number of likely N-dealkylation sites (tertiary alicyclic amines) is 1. The van der Waals surface area contributed by atoms with Crippen LogP contribution < -0.4 is 5.73 Å². The maximum absolute atomic E-state index is 11.8. The van der Waals surface area contributed by atoms with Crippen molar-refractivity contribution in [3.63, 3.8) is 0 Å². The van der Waals surface area contributed by atoms with E-state index in [1.54, 1.807) is 0 Å². The average Bonchev–Trinajstić information content (AvgIpc) is 2.77. The van der Waals surface area contributed by atoms with Gasteiger partial charge in [0.2, 0.25) is 5.91 Å². The Morgan fingerprint density at radius 1 is 1.50 bits per heavy atom. The molecule has 1 heterocycles. The molecule has 0 aromatic heterocycles. The molecule has 16 heavy (non-hydrogen) atoms. The first-order valence-electron chi connectivity index (χ1n) is 6.33. The van der Waals surface area contributed by atoms with Crippen LogP contribution in [0.5, 0.6) is 0 Å². The molecule has 0 saturated carbocycles. The van der Waals surface area contributed by atoms with E-state index >= 15 is 0 Å². The van der Waals surface area contributed by atoms with Crippen LogP contribution in [0.25, 0.3) is 0 Å². The summed E-state index contributed by atoms with van der Waals surface area (Å²) in [5.41, 5.74) is 5.61. The van der Waals surface area contributed by atoms with Gasteiger partial charge in [-0.3, -0.25) is 4.79 Å². The minimum Gasteiger partial charge on any atom is -0.342 e. The molecular weight excluding hydrogens is 220 g/mol. The van der Waals surface area contributed by atoms with Gasteiger partial charge in [0.05, 0.1) is 0 Å². The second kappa shape index (κ2) is 7.96. The summed E-state index contributed by atoms with van der Waals surface area (Å²) < 4.78 is 0. The highest BCUT2D eigenvalue weighted by molar-refractivity contribution is 7.99. The molecule has 0 aliphatic carbocycles. The number of rotatable bonds is 7. The van der Waals surface area contributed by atoms with Gasteiger partial charge in [0.25, 0.3) is 0 Å². The maximum atomic E-state index is 11.8. The average molecular weight is 244 g/mol. The van der Waals surface area contributed by atoms with Gasteiger partial charge in [-0.1, -0.05) is 13.3 Å². The molecule has 1 saturated heterocycles. The van der Waals surface area contributed by atoms with Gasteiger partial charge in [-0.05, 0) is 31.1 Å². The normalized spacial score (nSPS) is 20.4. The highest BCUT2D eigenvalue weighted by Gasteiger charge is 2.24. The first-order chi connectivity index (χ1) is 7.77. The van der Waals surface area contributed by atoms with Gasteiger partial charge < -0.3 is 10.6 Å². The minimum absolute atomic E-state index is 0.319. The molecular formula is C12H24N2OS. The molecule has 3 nitrogen and oxygen atoms in total. The molecule has 1 unspecified atom stereocenters. The fraction of sp³-hybridized carbons (Fsp3) is 0.917. The molecule has 1 fully saturated rings. The molecule has 4 heteroatoms. The number of unbranched alkanes of at least 4 members (excludes halogenated alkanes) is 1. The van der Waals surface area contributed by atoms with Crippen molar-refractivity contribution in [3.8, 4) is 0 Å². The van der Waals surface area contributed by atoms with Crippen molar-refractivity contribution in [1.82, 2.24) is 4.90 Å². The second-order valence-electron chi connectivity index (χ2n) is 4.45. The minimum atomic E-state index is 0.319. The summed E-state index contributed by atoms with van der Waals surface area (Å²) in [6.45, 7) is 4.72. The van der Waals surface area contributed by atoms with Crippen molar-refractivity contribution in [2.75, 3.05) is 31.1 Å². The largest absolute Gasteiger partial charge is 0.342 e. The first-order valence-corrected chi connectivity index (χ1v) is 7.49. The fourth-order valence-electron chi connectivity index (χ4n) is 1.92. The molecule has 0 aromatic rings. The Morgan fingerprint density at radius 2 is 2.31 bits per heavy atom. The monoisotopic (exact) mass is 244 g/mol.